The lowest BCUT2D eigenvalue weighted by Gasteiger charge is -2.43. The fourth-order valence-corrected chi connectivity index (χ4v) is 3.56. The van der Waals surface area contributed by atoms with Gasteiger partial charge < -0.3 is 14.9 Å². The highest BCUT2D eigenvalue weighted by Gasteiger charge is 2.27. The third-order valence-corrected chi connectivity index (χ3v) is 5.00. The molecule has 2 heterocycles. The van der Waals surface area contributed by atoms with Crippen LogP contribution in [0, 0.1) is 0 Å². The van der Waals surface area contributed by atoms with Crippen LogP contribution in [0.3, 0.4) is 0 Å². The molecule has 0 atom stereocenters. The van der Waals surface area contributed by atoms with Crippen LogP contribution in [0.15, 0.2) is 18.2 Å². The van der Waals surface area contributed by atoms with Gasteiger partial charge in [-0.3, -0.25) is 4.90 Å². The van der Waals surface area contributed by atoms with Crippen LogP contribution in [-0.4, -0.2) is 54.8 Å². The Morgan fingerprint density at radius 1 is 0.800 bits per heavy atom. The van der Waals surface area contributed by atoms with E-state index in [4.69, 9.17) is 0 Å². The van der Waals surface area contributed by atoms with E-state index in [1.54, 1.807) is 0 Å². The molecule has 2 aliphatic rings. The smallest absolute Gasteiger partial charge is 0.139 e. The number of benzene rings is 1. The Bertz CT molecular complexity index is 523. The number of hydrogen-bond acceptors (Lipinski definition) is 4. The van der Waals surface area contributed by atoms with Crippen LogP contribution in [0.5, 0.6) is 5.75 Å². The highest BCUT2D eigenvalue weighted by Crippen LogP contribution is 2.34. The maximum Gasteiger partial charge on any atom is 0.139 e. The second kappa shape index (κ2) is 9.96. The van der Waals surface area contributed by atoms with Gasteiger partial charge in [-0.25, -0.2) is 0 Å². The molecule has 7 heteroatoms. The highest BCUT2D eigenvalue weighted by atomic mass is 35.5. The quantitative estimate of drug-likeness (QED) is 0.789. The average Bonchev–Trinajstić information content (AvgIpc) is 3.01. The number of anilines is 2. The number of piperazine rings is 1. The van der Waals surface area contributed by atoms with E-state index in [1.807, 2.05) is 6.07 Å². The molecule has 1 N–H and O–H groups in total. The van der Waals surface area contributed by atoms with Gasteiger partial charge in [-0.2, -0.15) is 0 Å². The zero-order valence-electron chi connectivity index (χ0n) is 15.4. The first-order valence-corrected chi connectivity index (χ1v) is 8.53. The van der Waals surface area contributed by atoms with Crippen LogP contribution >= 0.6 is 37.2 Å². The lowest BCUT2D eigenvalue weighted by Crippen LogP contribution is -2.53. The number of halogens is 3. The van der Waals surface area contributed by atoms with E-state index >= 15 is 0 Å². The predicted molar refractivity (Wildman–Crippen MR) is 115 cm³/mol. The van der Waals surface area contributed by atoms with E-state index in [-0.39, 0.29) is 42.8 Å². The monoisotopic (exact) mass is 411 g/mol. The van der Waals surface area contributed by atoms with Gasteiger partial charge in [-0.1, -0.05) is 0 Å². The summed E-state index contributed by atoms with van der Waals surface area (Å²) < 4.78 is 0. The molecule has 2 saturated heterocycles. The Kier molecular flexibility index (Phi) is 9.74. The van der Waals surface area contributed by atoms with Crippen LogP contribution in [0.4, 0.5) is 11.4 Å². The fraction of sp³-hybridized carbons (Fsp3) is 0.667. The molecular formula is C18H32Cl3N3O. The molecule has 0 bridgehead atoms. The summed E-state index contributed by atoms with van der Waals surface area (Å²) >= 11 is 0. The second-order valence-corrected chi connectivity index (χ2v) is 7.51. The average molecular weight is 413 g/mol. The summed E-state index contributed by atoms with van der Waals surface area (Å²) in [5.74, 6) is 0.409. The van der Waals surface area contributed by atoms with Crippen molar-refractivity contribution in [3.63, 3.8) is 0 Å². The molecule has 4 nitrogen and oxygen atoms in total. The van der Waals surface area contributed by atoms with E-state index in [9.17, 15) is 5.11 Å². The van der Waals surface area contributed by atoms with E-state index in [0.29, 0.717) is 5.75 Å². The molecule has 3 rings (SSSR count). The molecule has 0 aromatic heterocycles. The third kappa shape index (κ3) is 5.72. The number of phenols is 1. The normalized spacial score (nSPS) is 18.2. The van der Waals surface area contributed by atoms with E-state index in [0.717, 1.165) is 45.0 Å². The summed E-state index contributed by atoms with van der Waals surface area (Å²) in [6, 6.07) is 6.09. The molecule has 0 spiro atoms. The minimum Gasteiger partial charge on any atom is -0.506 e. The minimum absolute atomic E-state index is 0. The molecule has 0 radical (unpaired) electrons. The molecular weight excluding hydrogens is 381 g/mol. The van der Waals surface area contributed by atoms with Crippen LogP contribution < -0.4 is 9.80 Å². The maximum atomic E-state index is 10.3. The lowest BCUT2D eigenvalue weighted by atomic mass is 10.0. The molecule has 2 aliphatic heterocycles. The Labute approximate surface area is 170 Å². The van der Waals surface area contributed by atoms with Crippen LogP contribution in [-0.2, 0) is 0 Å². The zero-order chi connectivity index (χ0) is 15.7. The highest BCUT2D eigenvalue weighted by molar-refractivity contribution is 5.86. The van der Waals surface area contributed by atoms with Crippen molar-refractivity contribution in [2.45, 2.75) is 39.2 Å². The molecule has 0 unspecified atom stereocenters. The van der Waals surface area contributed by atoms with Crippen LogP contribution in [0.1, 0.15) is 33.6 Å². The van der Waals surface area contributed by atoms with Crippen molar-refractivity contribution < 1.29 is 5.11 Å². The number of phenolic OH excluding ortho intramolecular Hbond substituents is 1. The minimum atomic E-state index is 0. The first kappa shape index (κ1) is 24.5. The van der Waals surface area contributed by atoms with Gasteiger partial charge in [0.05, 0.1) is 5.69 Å². The second-order valence-electron chi connectivity index (χ2n) is 7.51. The van der Waals surface area contributed by atoms with Crippen molar-refractivity contribution in [1.29, 1.82) is 0 Å². The van der Waals surface area contributed by atoms with Gasteiger partial charge in [-0.05, 0) is 51.8 Å². The Morgan fingerprint density at radius 3 is 1.88 bits per heavy atom. The first-order chi connectivity index (χ1) is 10.4. The molecule has 0 aliphatic carbocycles. The van der Waals surface area contributed by atoms with Gasteiger partial charge in [0.2, 0.25) is 0 Å². The fourth-order valence-electron chi connectivity index (χ4n) is 3.56. The number of aromatic hydroxyl groups is 1. The number of nitrogens with zero attached hydrogens (tertiary/aromatic N) is 3. The van der Waals surface area contributed by atoms with E-state index in [2.05, 4.69) is 47.6 Å². The Morgan fingerprint density at radius 2 is 1.36 bits per heavy atom. The van der Waals surface area contributed by atoms with Crippen molar-refractivity contribution in [3.05, 3.63) is 18.2 Å². The predicted octanol–water partition coefficient (Wildman–Crippen LogP) is 4.18. The summed E-state index contributed by atoms with van der Waals surface area (Å²) in [6.07, 6.45) is 2.56. The van der Waals surface area contributed by atoms with Crippen molar-refractivity contribution >= 4 is 48.6 Å². The lowest BCUT2D eigenvalue weighted by molar-refractivity contribution is 0.128. The van der Waals surface area contributed by atoms with Gasteiger partial charge in [0, 0.05) is 50.5 Å². The summed E-state index contributed by atoms with van der Waals surface area (Å²) in [5, 5.41) is 10.3. The first-order valence-electron chi connectivity index (χ1n) is 8.53. The molecule has 146 valence electrons. The molecule has 1 aromatic carbocycles. The largest absolute Gasteiger partial charge is 0.506 e. The van der Waals surface area contributed by atoms with Gasteiger partial charge >= 0.3 is 0 Å². The van der Waals surface area contributed by atoms with Crippen LogP contribution in [0.25, 0.3) is 0 Å². The number of hydrogen-bond donors (Lipinski definition) is 1. The van der Waals surface area contributed by atoms with E-state index in [1.165, 1.54) is 18.5 Å². The van der Waals surface area contributed by atoms with Crippen molar-refractivity contribution in [3.8, 4) is 5.75 Å². The van der Waals surface area contributed by atoms with Gasteiger partial charge in [0.25, 0.3) is 0 Å². The zero-order valence-corrected chi connectivity index (χ0v) is 17.9. The SMILES string of the molecule is CC(C)(C)N1CCN(c2cc(N3CCCC3)ccc2O)CC1.Cl.Cl.Cl. The van der Waals surface area contributed by atoms with Gasteiger partial charge in [-0.15, -0.1) is 37.2 Å². The summed E-state index contributed by atoms with van der Waals surface area (Å²) in [7, 11) is 0. The van der Waals surface area contributed by atoms with Gasteiger partial charge in [0.15, 0.2) is 0 Å². The van der Waals surface area contributed by atoms with E-state index < -0.39 is 0 Å². The van der Waals surface area contributed by atoms with Crippen molar-refractivity contribution in [2.24, 2.45) is 0 Å². The maximum absolute atomic E-state index is 10.3. The Balaban J connectivity index is 0.00000192. The standard InChI is InChI=1S/C18H29N3O.3ClH/c1-18(2,3)21-12-10-20(11-13-21)16-14-15(6-7-17(16)22)19-8-4-5-9-19;;;/h6-7,14,22H,4-5,8-13H2,1-3H3;3*1H. The molecule has 0 saturated carbocycles. The van der Waals surface area contributed by atoms with Crippen LogP contribution in [0.2, 0.25) is 0 Å². The number of rotatable bonds is 2. The molecule has 2 fully saturated rings. The molecule has 1 aromatic rings. The Hall–Kier alpha value is -0.550. The van der Waals surface area contributed by atoms with Crippen molar-refractivity contribution in [1.82, 2.24) is 4.90 Å². The summed E-state index contributed by atoms with van der Waals surface area (Å²) in [6.45, 7) is 13.2. The van der Waals surface area contributed by atoms with Gasteiger partial charge in [0.1, 0.15) is 5.75 Å². The topological polar surface area (TPSA) is 30.0 Å². The summed E-state index contributed by atoms with van der Waals surface area (Å²) in [5.41, 5.74) is 2.48. The summed E-state index contributed by atoms with van der Waals surface area (Å²) in [4.78, 5) is 7.27. The third-order valence-electron chi connectivity index (χ3n) is 5.00. The van der Waals surface area contributed by atoms with Crippen molar-refractivity contribution in [2.75, 3.05) is 49.1 Å². The molecule has 25 heavy (non-hydrogen) atoms. The molecule has 0 amide bonds.